The molecule has 0 bridgehead atoms. The normalized spacial score (nSPS) is 12.0. The fourth-order valence-electron chi connectivity index (χ4n) is 2.29. The first-order valence-corrected chi connectivity index (χ1v) is 12.3. The van der Waals surface area contributed by atoms with Gasteiger partial charge in [-0.1, -0.05) is 19.6 Å². The van der Waals surface area contributed by atoms with Crippen LogP contribution >= 0.6 is 15.9 Å². The van der Waals surface area contributed by atoms with Crippen LogP contribution in [0.2, 0.25) is 25.7 Å². The molecule has 6 nitrogen and oxygen atoms in total. The summed E-state index contributed by atoms with van der Waals surface area (Å²) in [7, 11) is -1.10. The monoisotopic (exact) mass is 405 g/mol. The van der Waals surface area contributed by atoms with Crippen LogP contribution in [0, 0.1) is 0 Å². The lowest BCUT2D eigenvalue weighted by Crippen LogP contribution is -2.22. The minimum atomic E-state index is -1.10. The van der Waals surface area contributed by atoms with Crippen LogP contribution in [0.4, 0.5) is 0 Å². The second-order valence-corrected chi connectivity index (χ2v) is 13.4. The van der Waals surface area contributed by atoms with Gasteiger partial charge in [-0.3, -0.25) is 0 Å². The molecular formula is C16H20BrN5OSi. The molecule has 0 aliphatic carbocycles. The fraction of sp³-hybridized carbons (Fsp3) is 0.375. The van der Waals surface area contributed by atoms with Crippen molar-refractivity contribution in [3.05, 3.63) is 35.5 Å². The maximum absolute atomic E-state index is 5.84. The van der Waals surface area contributed by atoms with Gasteiger partial charge in [-0.15, -0.1) is 0 Å². The third-order valence-corrected chi connectivity index (χ3v) is 5.74. The molecule has 0 saturated carbocycles. The Hall–Kier alpha value is -1.64. The topological polar surface area (TPSA) is 65.7 Å². The Balaban J connectivity index is 1.89. The number of hydrogen-bond donors (Lipinski definition) is 0. The van der Waals surface area contributed by atoms with E-state index in [0.29, 0.717) is 6.73 Å². The van der Waals surface area contributed by atoms with Crippen LogP contribution in [0.15, 0.2) is 35.5 Å². The smallest absolute Gasteiger partial charge is 0.160 e. The van der Waals surface area contributed by atoms with E-state index in [-0.39, 0.29) is 0 Å². The summed E-state index contributed by atoms with van der Waals surface area (Å²) in [6, 6.07) is 3.14. The van der Waals surface area contributed by atoms with E-state index >= 15 is 0 Å². The first-order valence-electron chi connectivity index (χ1n) is 7.79. The minimum Gasteiger partial charge on any atom is -0.359 e. The van der Waals surface area contributed by atoms with Crippen LogP contribution in [0.5, 0.6) is 0 Å². The van der Waals surface area contributed by atoms with Crippen molar-refractivity contribution in [2.24, 2.45) is 0 Å². The fourth-order valence-corrected chi connectivity index (χ4v) is 3.38. The van der Waals surface area contributed by atoms with Gasteiger partial charge in [0.2, 0.25) is 0 Å². The third kappa shape index (κ3) is 4.06. The third-order valence-electron chi connectivity index (χ3n) is 3.60. The van der Waals surface area contributed by atoms with E-state index < -0.39 is 8.07 Å². The summed E-state index contributed by atoms with van der Waals surface area (Å²) in [6.07, 6.45) is 6.79. The van der Waals surface area contributed by atoms with Gasteiger partial charge in [0.05, 0.1) is 0 Å². The largest absolute Gasteiger partial charge is 0.359 e. The van der Waals surface area contributed by atoms with E-state index in [1.165, 1.54) is 6.33 Å². The van der Waals surface area contributed by atoms with Crippen LogP contribution in [0.3, 0.4) is 0 Å². The van der Waals surface area contributed by atoms with Crippen molar-refractivity contribution in [3.63, 3.8) is 0 Å². The molecule has 0 unspecified atom stereocenters. The first kappa shape index (κ1) is 17.2. The molecule has 3 rings (SSSR count). The van der Waals surface area contributed by atoms with Crippen molar-refractivity contribution in [2.45, 2.75) is 32.4 Å². The second kappa shape index (κ2) is 7.08. The lowest BCUT2D eigenvalue weighted by atomic mass is 10.2. The molecule has 0 spiro atoms. The van der Waals surface area contributed by atoms with Gasteiger partial charge < -0.3 is 4.74 Å². The molecule has 8 heteroatoms. The molecule has 3 aromatic rings. The van der Waals surface area contributed by atoms with Crippen LogP contribution in [-0.4, -0.2) is 39.4 Å². The highest BCUT2D eigenvalue weighted by Crippen LogP contribution is 2.28. The number of pyridine rings is 1. The van der Waals surface area contributed by atoms with Gasteiger partial charge in [-0.2, -0.15) is 5.10 Å². The van der Waals surface area contributed by atoms with Gasteiger partial charge in [-0.25, -0.2) is 19.6 Å². The van der Waals surface area contributed by atoms with Gasteiger partial charge in [0.25, 0.3) is 0 Å². The molecule has 0 aromatic carbocycles. The summed E-state index contributed by atoms with van der Waals surface area (Å²) in [5.74, 6) is 0. The molecule has 0 saturated heterocycles. The molecule has 126 valence electrons. The number of hydrogen-bond acceptors (Lipinski definition) is 5. The summed E-state index contributed by atoms with van der Waals surface area (Å²) in [4.78, 5) is 12.7. The summed E-state index contributed by atoms with van der Waals surface area (Å²) >= 11 is 3.48. The molecule has 3 heterocycles. The molecule has 0 aliphatic heterocycles. The van der Waals surface area contributed by atoms with Crippen LogP contribution in [0.1, 0.15) is 0 Å². The number of nitrogens with zero attached hydrogens (tertiary/aromatic N) is 5. The summed E-state index contributed by atoms with van der Waals surface area (Å²) in [6.45, 7) is 8.16. The molecule has 0 amide bonds. The van der Waals surface area contributed by atoms with E-state index in [4.69, 9.17) is 4.74 Å². The molecule has 0 aliphatic rings. The number of fused-ring (bicyclic) bond motifs is 1. The molecule has 0 atom stereocenters. The Morgan fingerprint density at radius 2 is 1.92 bits per heavy atom. The number of rotatable bonds is 6. The van der Waals surface area contributed by atoms with E-state index in [1.807, 2.05) is 6.07 Å². The predicted molar refractivity (Wildman–Crippen MR) is 100 cm³/mol. The number of ether oxygens (including phenoxy) is 1. The van der Waals surface area contributed by atoms with Gasteiger partial charge in [-0.05, 0) is 28.0 Å². The number of halogens is 1. The van der Waals surface area contributed by atoms with Crippen molar-refractivity contribution >= 4 is 35.0 Å². The quantitative estimate of drug-likeness (QED) is 0.458. The molecule has 0 radical (unpaired) electrons. The maximum Gasteiger partial charge on any atom is 0.160 e. The highest BCUT2D eigenvalue weighted by Gasteiger charge is 2.16. The average Bonchev–Trinajstić information content (AvgIpc) is 2.89. The standard InChI is InChI=1S/C16H20BrN5OSi/c1-24(2,3)5-4-23-11-22-16-14(6-13(17)9-20-16)15(21-22)12-7-18-10-19-8-12/h6-10H,4-5,11H2,1-3H3. The van der Waals surface area contributed by atoms with E-state index in [2.05, 4.69) is 55.6 Å². The summed E-state index contributed by atoms with van der Waals surface area (Å²) in [5.41, 5.74) is 2.47. The van der Waals surface area contributed by atoms with E-state index in [9.17, 15) is 0 Å². The maximum atomic E-state index is 5.84. The number of aromatic nitrogens is 5. The lowest BCUT2D eigenvalue weighted by molar-refractivity contribution is 0.0814. The van der Waals surface area contributed by atoms with Gasteiger partial charge in [0.15, 0.2) is 5.65 Å². The Kier molecular flexibility index (Phi) is 5.07. The first-order chi connectivity index (χ1) is 11.4. The Bertz CT molecular complexity index is 832. The predicted octanol–water partition coefficient (Wildman–Crippen LogP) is 3.96. The van der Waals surface area contributed by atoms with Crippen LogP contribution < -0.4 is 0 Å². The Labute approximate surface area is 150 Å². The lowest BCUT2D eigenvalue weighted by Gasteiger charge is -2.15. The zero-order valence-electron chi connectivity index (χ0n) is 14.0. The van der Waals surface area contributed by atoms with Crippen molar-refractivity contribution in [1.29, 1.82) is 0 Å². The van der Waals surface area contributed by atoms with Crippen LogP contribution in [0.25, 0.3) is 22.3 Å². The van der Waals surface area contributed by atoms with Crippen molar-refractivity contribution < 1.29 is 4.74 Å². The minimum absolute atomic E-state index is 0.392. The molecular weight excluding hydrogens is 386 g/mol. The summed E-state index contributed by atoms with van der Waals surface area (Å²) < 4.78 is 8.54. The molecule has 3 aromatic heterocycles. The van der Waals surface area contributed by atoms with Crippen molar-refractivity contribution in [3.8, 4) is 11.3 Å². The van der Waals surface area contributed by atoms with Gasteiger partial charge in [0, 0.05) is 48.7 Å². The SMILES string of the molecule is C[Si](C)(C)CCOCn1nc(-c2cncnc2)c2cc(Br)cnc21. The van der Waals surface area contributed by atoms with Crippen molar-refractivity contribution in [2.75, 3.05) is 6.61 Å². The van der Waals surface area contributed by atoms with Gasteiger partial charge >= 0.3 is 0 Å². The molecule has 0 N–H and O–H groups in total. The zero-order chi connectivity index (χ0) is 17.2. The molecule has 24 heavy (non-hydrogen) atoms. The van der Waals surface area contributed by atoms with Gasteiger partial charge in [0.1, 0.15) is 18.8 Å². The van der Waals surface area contributed by atoms with Crippen LogP contribution in [-0.2, 0) is 11.5 Å². The van der Waals surface area contributed by atoms with E-state index in [1.54, 1.807) is 23.3 Å². The Morgan fingerprint density at radius 1 is 1.17 bits per heavy atom. The van der Waals surface area contributed by atoms with E-state index in [0.717, 1.165) is 39.4 Å². The average molecular weight is 406 g/mol. The molecule has 0 fully saturated rings. The summed E-state index contributed by atoms with van der Waals surface area (Å²) in [5, 5.41) is 5.63. The highest BCUT2D eigenvalue weighted by molar-refractivity contribution is 9.10. The zero-order valence-corrected chi connectivity index (χ0v) is 16.6. The van der Waals surface area contributed by atoms with Crippen molar-refractivity contribution in [1.82, 2.24) is 24.7 Å². The second-order valence-electron chi connectivity index (χ2n) is 6.85. The Morgan fingerprint density at radius 3 is 2.62 bits per heavy atom. The highest BCUT2D eigenvalue weighted by atomic mass is 79.9.